The van der Waals surface area contributed by atoms with Crippen LogP contribution in [0.25, 0.3) is 0 Å². The highest BCUT2D eigenvalue weighted by Crippen LogP contribution is 2.75. The van der Waals surface area contributed by atoms with Crippen LogP contribution in [0.15, 0.2) is 11.6 Å². The number of aliphatic hydroxyl groups is 3. The second-order valence-electron chi connectivity index (χ2n) is 14.5. The van der Waals surface area contributed by atoms with Crippen LogP contribution in [-0.4, -0.2) is 33.1 Å². The molecule has 0 radical (unpaired) electrons. The highest BCUT2D eigenvalue weighted by atomic mass is 16.3. The minimum absolute atomic E-state index is 0.0627. The van der Waals surface area contributed by atoms with E-state index < -0.39 is 5.60 Å². The second-order valence-corrected chi connectivity index (χ2v) is 14.5. The van der Waals surface area contributed by atoms with Crippen LogP contribution < -0.4 is 0 Å². The van der Waals surface area contributed by atoms with Crippen LogP contribution in [0.5, 0.6) is 0 Å². The number of hydrogen-bond donors (Lipinski definition) is 3. The molecule has 190 valence electrons. The van der Waals surface area contributed by atoms with Gasteiger partial charge >= 0.3 is 0 Å². The van der Waals surface area contributed by atoms with Crippen molar-refractivity contribution in [2.45, 2.75) is 131 Å². The molecule has 33 heavy (non-hydrogen) atoms. The normalized spacial score (nSPS) is 50.5. The van der Waals surface area contributed by atoms with Gasteiger partial charge in [0.25, 0.3) is 0 Å². The molecule has 4 aliphatic rings. The topological polar surface area (TPSA) is 60.7 Å². The van der Waals surface area contributed by atoms with Gasteiger partial charge in [-0.25, -0.2) is 0 Å². The summed E-state index contributed by atoms with van der Waals surface area (Å²) in [6.07, 6.45) is 10.6. The Balaban J connectivity index is 1.66. The van der Waals surface area contributed by atoms with Crippen molar-refractivity contribution in [2.24, 2.45) is 45.3 Å². The Labute approximate surface area is 203 Å². The zero-order chi connectivity index (χ0) is 24.6. The fourth-order valence-corrected chi connectivity index (χ4v) is 10.4. The van der Waals surface area contributed by atoms with Gasteiger partial charge in [-0.2, -0.15) is 0 Å². The molecule has 3 N–H and O–H groups in total. The van der Waals surface area contributed by atoms with E-state index in [-0.39, 0.29) is 45.7 Å². The van der Waals surface area contributed by atoms with Crippen LogP contribution in [0.1, 0.15) is 113 Å². The molecule has 0 aliphatic heterocycles. The number of rotatable bonds is 4. The smallest absolute Gasteiger partial charge is 0.0653 e. The molecule has 0 spiro atoms. The van der Waals surface area contributed by atoms with Gasteiger partial charge in [0, 0.05) is 0 Å². The molecular weight excluding hydrogens is 408 g/mol. The molecule has 0 aromatic rings. The highest BCUT2D eigenvalue weighted by Gasteiger charge is 2.71. The zero-order valence-electron chi connectivity index (χ0n) is 22.7. The molecule has 4 saturated carbocycles. The van der Waals surface area contributed by atoms with Crippen molar-refractivity contribution in [2.75, 3.05) is 0 Å². The summed E-state index contributed by atoms with van der Waals surface area (Å²) in [6.45, 7) is 18.3. The van der Waals surface area contributed by atoms with E-state index in [4.69, 9.17) is 0 Å². The predicted molar refractivity (Wildman–Crippen MR) is 136 cm³/mol. The van der Waals surface area contributed by atoms with E-state index in [1.54, 1.807) is 0 Å². The Morgan fingerprint density at radius 3 is 2.21 bits per heavy atom. The molecule has 0 heterocycles. The Bertz CT molecular complexity index is 779. The van der Waals surface area contributed by atoms with Gasteiger partial charge in [-0.3, -0.25) is 0 Å². The number of allylic oxidation sites excluding steroid dienone is 2. The number of fused-ring (bicyclic) bond motifs is 5. The molecule has 0 aromatic heterocycles. The van der Waals surface area contributed by atoms with E-state index in [1.807, 2.05) is 0 Å². The molecule has 0 bridgehead atoms. The van der Waals surface area contributed by atoms with Crippen molar-refractivity contribution in [3.8, 4) is 0 Å². The van der Waals surface area contributed by atoms with Gasteiger partial charge in [-0.1, -0.05) is 46.3 Å². The van der Waals surface area contributed by atoms with E-state index in [0.29, 0.717) is 11.8 Å². The SMILES string of the molecule is CC(C)=CCCC(C)(O)[C@H]1CC[C@]2(C)C1CC(O)C1[C@@]3(C)CC[C@H](O)C(C)(C)C3CC[C@]12C. The van der Waals surface area contributed by atoms with E-state index >= 15 is 0 Å². The standard InChI is InChI=1S/C30H52O3/c1-19(2)10-9-14-30(8,33)20-11-16-28(6)21(20)18-22(31)25-27(5)15-13-24(32)26(3,4)23(27)12-17-29(25,28)7/h10,20-25,31-33H,9,11-18H2,1-8H3/t20-,21?,22?,23?,24-,25?,27-,28+,29+,30?/m0/s1. The molecule has 0 aromatic carbocycles. The minimum atomic E-state index is -0.685. The fraction of sp³-hybridized carbons (Fsp3) is 0.933. The van der Waals surface area contributed by atoms with E-state index in [0.717, 1.165) is 57.8 Å². The van der Waals surface area contributed by atoms with Crippen molar-refractivity contribution in [3.05, 3.63) is 11.6 Å². The predicted octanol–water partition coefficient (Wildman–Crippen LogP) is 6.50. The van der Waals surface area contributed by atoms with E-state index in [9.17, 15) is 15.3 Å². The lowest BCUT2D eigenvalue weighted by Crippen LogP contribution is -2.67. The first kappa shape index (κ1) is 25.7. The molecule has 3 nitrogen and oxygen atoms in total. The maximum Gasteiger partial charge on any atom is 0.0653 e. The monoisotopic (exact) mass is 460 g/mol. The lowest BCUT2D eigenvalue weighted by atomic mass is 9.35. The van der Waals surface area contributed by atoms with E-state index in [1.165, 1.54) is 5.57 Å². The average Bonchev–Trinajstić information content (AvgIpc) is 3.03. The van der Waals surface area contributed by atoms with Crippen LogP contribution >= 0.6 is 0 Å². The maximum absolute atomic E-state index is 11.9. The van der Waals surface area contributed by atoms with Gasteiger partial charge in [-0.15, -0.1) is 0 Å². The molecule has 0 amide bonds. The lowest BCUT2D eigenvalue weighted by molar-refractivity contribution is -0.256. The third-order valence-electron chi connectivity index (χ3n) is 12.3. The summed E-state index contributed by atoms with van der Waals surface area (Å²) in [5.74, 6) is 1.35. The molecule has 4 fully saturated rings. The van der Waals surface area contributed by atoms with Crippen molar-refractivity contribution in [3.63, 3.8) is 0 Å². The van der Waals surface area contributed by atoms with Crippen LogP contribution in [0, 0.1) is 45.3 Å². The van der Waals surface area contributed by atoms with Gasteiger partial charge in [-0.05, 0) is 124 Å². The van der Waals surface area contributed by atoms with Crippen LogP contribution in [0.2, 0.25) is 0 Å². The molecule has 4 rings (SSSR count). The third-order valence-corrected chi connectivity index (χ3v) is 12.3. The molecular formula is C30H52O3. The zero-order valence-corrected chi connectivity index (χ0v) is 22.7. The largest absolute Gasteiger partial charge is 0.393 e. The second kappa shape index (κ2) is 8.07. The van der Waals surface area contributed by atoms with Crippen molar-refractivity contribution >= 4 is 0 Å². The molecule has 10 atom stereocenters. The number of aliphatic hydroxyl groups excluding tert-OH is 2. The van der Waals surface area contributed by atoms with Crippen molar-refractivity contribution in [1.29, 1.82) is 0 Å². The first-order valence-corrected chi connectivity index (χ1v) is 13.8. The van der Waals surface area contributed by atoms with Crippen LogP contribution in [0.3, 0.4) is 0 Å². The van der Waals surface area contributed by atoms with Gasteiger partial charge in [0.1, 0.15) is 0 Å². The van der Waals surface area contributed by atoms with Crippen molar-refractivity contribution < 1.29 is 15.3 Å². The molecule has 3 heteroatoms. The molecule has 4 aliphatic carbocycles. The summed E-state index contributed by atoms with van der Waals surface area (Å²) in [6, 6.07) is 0. The Hall–Kier alpha value is -0.380. The first-order chi connectivity index (χ1) is 15.1. The molecule has 5 unspecified atom stereocenters. The average molecular weight is 461 g/mol. The Morgan fingerprint density at radius 1 is 0.939 bits per heavy atom. The summed E-state index contributed by atoms with van der Waals surface area (Å²) in [7, 11) is 0. The Kier molecular flexibility index (Phi) is 6.28. The maximum atomic E-state index is 11.9. The van der Waals surface area contributed by atoms with Gasteiger partial charge < -0.3 is 15.3 Å². The van der Waals surface area contributed by atoms with E-state index in [2.05, 4.69) is 61.5 Å². The van der Waals surface area contributed by atoms with Gasteiger partial charge in [0.15, 0.2) is 0 Å². The van der Waals surface area contributed by atoms with Gasteiger partial charge in [0.05, 0.1) is 17.8 Å². The summed E-state index contributed by atoms with van der Waals surface area (Å²) in [5.41, 5.74) is 0.817. The Morgan fingerprint density at radius 2 is 1.58 bits per heavy atom. The van der Waals surface area contributed by atoms with Crippen LogP contribution in [-0.2, 0) is 0 Å². The molecule has 0 saturated heterocycles. The minimum Gasteiger partial charge on any atom is -0.393 e. The third kappa shape index (κ3) is 3.61. The first-order valence-electron chi connectivity index (χ1n) is 13.8. The summed E-state index contributed by atoms with van der Waals surface area (Å²) >= 11 is 0. The summed E-state index contributed by atoms with van der Waals surface area (Å²) in [5, 5.41) is 34.3. The quantitative estimate of drug-likeness (QED) is 0.420. The summed E-state index contributed by atoms with van der Waals surface area (Å²) in [4.78, 5) is 0. The highest BCUT2D eigenvalue weighted by molar-refractivity contribution is 5.20. The van der Waals surface area contributed by atoms with Crippen LogP contribution in [0.4, 0.5) is 0 Å². The lowest BCUT2D eigenvalue weighted by Gasteiger charge is -2.70. The van der Waals surface area contributed by atoms with Crippen molar-refractivity contribution in [1.82, 2.24) is 0 Å². The summed E-state index contributed by atoms with van der Waals surface area (Å²) < 4.78 is 0. The fourth-order valence-electron chi connectivity index (χ4n) is 10.4. The number of hydrogen-bond acceptors (Lipinski definition) is 3. The van der Waals surface area contributed by atoms with Gasteiger partial charge in [0.2, 0.25) is 0 Å².